The monoisotopic (exact) mass is 290 g/mol. The second-order valence-electron chi connectivity index (χ2n) is 5.16. The van der Waals surface area contributed by atoms with Gasteiger partial charge in [0.15, 0.2) is 0 Å². The van der Waals surface area contributed by atoms with Crippen molar-refractivity contribution in [1.82, 2.24) is 9.78 Å². The minimum absolute atomic E-state index is 0.000741. The van der Waals surface area contributed by atoms with E-state index in [1.165, 1.54) is 6.07 Å². The minimum Gasteiger partial charge on any atom is -0.359 e. The van der Waals surface area contributed by atoms with E-state index in [4.69, 9.17) is 0 Å². The predicted molar refractivity (Wildman–Crippen MR) is 75.6 cm³/mol. The van der Waals surface area contributed by atoms with Crippen molar-refractivity contribution in [3.8, 4) is 0 Å². The number of halogens is 1. The summed E-state index contributed by atoms with van der Waals surface area (Å²) in [7, 11) is 1.83. The topological polar surface area (TPSA) is 64.2 Å². The van der Waals surface area contributed by atoms with Gasteiger partial charge in [0.1, 0.15) is 5.69 Å². The molecule has 1 unspecified atom stereocenters. The van der Waals surface area contributed by atoms with E-state index in [0.29, 0.717) is 12.2 Å². The number of para-hydroxylation sites is 1. The fourth-order valence-electron chi connectivity index (χ4n) is 2.93. The quantitative estimate of drug-likeness (QED) is 0.644. The standard InChI is InChI=1S/C14H15FN4O2/c1-17-9-10(8-16-17)12-6-3-7-18(12)13-5-2-4-11(15)14(13)19(20)21/h2,4-5,8-9,12H,3,6-7H2,1H3. The number of anilines is 1. The minimum atomic E-state index is -0.797. The molecule has 2 heterocycles. The van der Waals surface area contributed by atoms with Crippen molar-refractivity contribution in [2.45, 2.75) is 18.9 Å². The van der Waals surface area contributed by atoms with Crippen LogP contribution in [0.2, 0.25) is 0 Å². The van der Waals surface area contributed by atoms with Gasteiger partial charge >= 0.3 is 5.69 Å². The Bertz CT molecular complexity index is 685. The summed E-state index contributed by atoms with van der Waals surface area (Å²) < 4.78 is 15.5. The van der Waals surface area contributed by atoms with E-state index in [1.807, 2.05) is 18.1 Å². The number of nitro groups is 1. The summed E-state index contributed by atoms with van der Waals surface area (Å²) in [4.78, 5) is 12.4. The first-order valence-corrected chi connectivity index (χ1v) is 6.76. The molecule has 1 aliphatic heterocycles. The zero-order valence-electron chi connectivity index (χ0n) is 11.6. The Kier molecular flexibility index (Phi) is 3.32. The largest absolute Gasteiger partial charge is 0.359 e. The number of aromatic nitrogens is 2. The molecular formula is C14H15FN4O2. The molecule has 6 nitrogen and oxygen atoms in total. The van der Waals surface area contributed by atoms with E-state index in [1.54, 1.807) is 16.9 Å². The van der Waals surface area contributed by atoms with Crippen LogP contribution >= 0.6 is 0 Å². The van der Waals surface area contributed by atoms with E-state index >= 15 is 0 Å². The van der Waals surface area contributed by atoms with Crippen LogP contribution in [-0.2, 0) is 7.05 Å². The molecule has 0 bridgehead atoms. The van der Waals surface area contributed by atoms with Gasteiger partial charge in [0.2, 0.25) is 5.82 Å². The molecule has 0 aliphatic carbocycles. The molecule has 1 atom stereocenters. The highest BCUT2D eigenvalue weighted by atomic mass is 19.1. The lowest BCUT2D eigenvalue weighted by atomic mass is 10.1. The maximum absolute atomic E-state index is 13.8. The van der Waals surface area contributed by atoms with Crippen molar-refractivity contribution in [3.63, 3.8) is 0 Å². The Balaban J connectivity index is 2.03. The lowest BCUT2D eigenvalue weighted by Crippen LogP contribution is -2.23. The first-order chi connectivity index (χ1) is 10.1. The fraction of sp³-hybridized carbons (Fsp3) is 0.357. The average molecular weight is 290 g/mol. The molecule has 2 aromatic rings. The summed E-state index contributed by atoms with van der Waals surface area (Å²) in [6.07, 6.45) is 5.44. The van der Waals surface area contributed by atoms with Crippen LogP contribution in [0.4, 0.5) is 15.8 Å². The molecule has 0 spiro atoms. The van der Waals surface area contributed by atoms with Crippen LogP contribution in [-0.4, -0.2) is 21.2 Å². The maximum Gasteiger partial charge on any atom is 0.327 e. The van der Waals surface area contributed by atoms with Crippen molar-refractivity contribution in [1.29, 1.82) is 0 Å². The average Bonchev–Trinajstić information content (AvgIpc) is 3.06. The van der Waals surface area contributed by atoms with Crippen molar-refractivity contribution < 1.29 is 9.31 Å². The van der Waals surface area contributed by atoms with Crippen LogP contribution in [0.25, 0.3) is 0 Å². The molecule has 1 aliphatic rings. The first kappa shape index (κ1) is 13.5. The summed E-state index contributed by atoms with van der Waals surface area (Å²) >= 11 is 0. The summed E-state index contributed by atoms with van der Waals surface area (Å²) in [5.41, 5.74) is 0.883. The fourth-order valence-corrected chi connectivity index (χ4v) is 2.93. The molecule has 1 saturated heterocycles. The molecule has 21 heavy (non-hydrogen) atoms. The number of hydrogen-bond donors (Lipinski definition) is 0. The SMILES string of the molecule is Cn1cc(C2CCCN2c2cccc(F)c2[N+](=O)[O-])cn1. The number of rotatable bonds is 3. The Morgan fingerprint density at radius 1 is 1.48 bits per heavy atom. The van der Waals surface area contributed by atoms with Gasteiger partial charge in [-0.05, 0) is 25.0 Å². The lowest BCUT2D eigenvalue weighted by Gasteiger charge is -2.25. The van der Waals surface area contributed by atoms with E-state index in [9.17, 15) is 14.5 Å². The van der Waals surface area contributed by atoms with E-state index < -0.39 is 16.4 Å². The summed E-state index contributed by atoms with van der Waals surface area (Å²) in [6.45, 7) is 0.670. The Morgan fingerprint density at radius 3 is 2.95 bits per heavy atom. The van der Waals surface area contributed by atoms with Crippen LogP contribution in [0.1, 0.15) is 24.4 Å². The molecule has 1 fully saturated rings. The molecule has 1 aromatic carbocycles. The number of nitrogens with zero attached hydrogens (tertiary/aromatic N) is 4. The van der Waals surface area contributed by atoms with Gasteiger partial charge in [-0.1, -0.05) is 6.07 Å². The van der Waals surface area contributed by atoms with E-state index in [0.717, 1.165) is 24.5 Å². The number of nitro benzene ring substituents is 1. The van der Waals surface area contributed by atoms with Crippen molar-refractivity contribution in [3.05, 3.63) is 52.1 Å². The number of aryl methyl sites for hydroxylation is 1. The third kappa shape index (κ3) is 2.35. The molecule has 0 radical (unpaired) electrons. The molecule has 0 amide bonds. The third-order valence-electron chi connectivity index (χ3n) is 3.82. The summed E-state index contributed by atoms with van der Waals surface area (Å²) in [6, 6.07) is 4.24. The highest BCUT2D eigenvalue weighted by molar-refractivity contribution is 5.65. The summed E-state index contributed by atoms with van der Waals surface area (Å²) in [5, 5.41) is 15.3. The maximum atomic E-state index is 13.8. The Labute approximate surface area is 120 Å². The van der Waals surface area contributed by atoms with Crippen molar-refractivity contribution >= 4 is 11.4 Å². The van der Waals surface area contributed by atoms with Gasteiger partial charge in [-0.3, -0.25) is 14.8 Å². The Hall–Kier alpha value is -2.44. The van der Waals surface area contributed by atoms with Crippen molar-refractivity contribution in [2.75, 3.05) is 11.4 Å². The van der Waals surface area contributed by atoms with Gasteiger partial charge in [0, 0.05) is 25.4 Å². The van der Waals surface area contributed by atoms with Gasteiger partial charge in [-0.25, -0.2) is 0 Å². The first-order valence-electron chi connectivity index (χ1n) is 6.76. The second kappa shape index (κ2) is 5.16. The molecule has 1 aromatic heterocycles. The Morgan fingerprint density at radius 2 is 2.29 bits per heavy atom. The van der Waals surface area contributed by atoms with Crippen molar-refractivity contribution in [2.24, 2.45) is 7.05 Å². The molecule has 7 heteroatoms. The van der Waals surface area contributed by atoms with Gasteiger partial charge < -0.3 is 4.90 Å². The van der Waals surface area contributed by atoms with Crippen LogP contribution < -0.4 is 4.90 Å². The third-order valence-corrected chi connectivity index (χ3v) is 3.82. The number of hydrogen-bond acceptors (Lipinski definition) is 4. The highest BCUT2D eigenvalue weighted by Crippen LogP contribution is 2.41. The molecule has 110 valence electrons. The molecule has 3 rings (SSSR count). The predicted octanol–water partition coefficient (Wildman–Crippen LogP) is 2.81. The van der Waals surface area contributed by atoms with Gasteiger partial charge in [-0.2, -0.15) is 9.49 Å². The second-order valence-corrected chi connectivity index (χ2v) is 5.16. The molecule has 0 saturated carbocycles. The molecule has 0 N–H and O–H groups in total. The van der Waals surface area contributed by atoms with Crippen LogP contribution in [0.15, 0.2) is 30.6 Å². The normalized spacial score (nSPS) is 18.2. The van der Waals surface area contributed by atoms with E-state index in [2.05, 4.69) is 5.10 Å². The van der Waals surface area contributed by atoms with Gasteiger partial charge in [0.05, 0.1) is 17.2 Å². The highest BCUT2D eigenvalue weighted by Gasteiger charge is 2.33. The van der Waals surface area contributed by atoms with E-state index in [-0.39, 0.29) is 6.04 Å². The van der Waals surface area contributed by atoms with Gasteiger partial charge in [-0.15, -0.1) is 0 Å². The number of benzene rings is 1. The van der Waals surface area contributed by atoms with Gasteiger partial charge in [0.25, 0.3) is 0 Å². The van der Waals surface area contributed by atoms with Crippen LogP contribution in [0, 0.1) is 15.9 Å². The summed E-state index contributed by atoms with van der Waals surface area (Å²) in [5.74, 6) is -0.797. The van der Waals surface area contributed by atoms with Crippen LogP contribution in [0.5, 0.6) is 0 Å². The zero-order chi connectivity index (χ0) is 15.0. The zero-order valence-corrected chi connectivity index (χ0v) is 11.6. The molecular weight excluding hydrogens is 275 g/mol. The smallest absolute Gasteiger partial charge is 0.327 e. The van der Waals surface area contributed by atoms with Crippen LogP contribution in [0.3, 0.4) is 0 Å². The lowest BCUT2D eigenvalue weighted by molar-refractivity contribution is -0.386.